The molecule has 1 aliphatic heterocycles. The van der Waals surface area contributed by atoms with Crippen LogP contribution in [0.25, 0.3) is 11.3 Å². The largest absolute Gasteiger partial charge is 0.459 e. The summed E-state index contributed by atoms with van der Waals surface area (Å²) in [6.07, 6.45) is 0. The Bertz CT molecular complexity index is 1090. The van der Waals surface area contributed by atoms with Crippen LogP contribution in [0.4, 0.5) is 14.9 Å². The minimum absolute atomic E-state index is 0.341. The van der Waals surface area contributed by atoms with Crippen LogP contribution in [0.15, 0.2) is 82.4 Å². The fourth-order valence-electron chi connectivity index (χ4n) is 3.21. The summed E-state index contributed by atoms with van der Waals surface area (Å²) in [5.74, 6) is 0.209. The summed E-state index contributed by atoms with van der Waals surface area (Å²) in [4.78, 5) is 25.0. The molecule has 0 saturated heterocycles. The van der Waals surface area contributed by atoms with Crippen molar-refractivity contribution in [1.29, 1.82) is 0 Å². The van der Waals surface area contributed by atoms with E-state index in [9.17, 15) is 14.0 Å². The van der Waals surface area contributed by atoms with E-state index in [2.05, 4.69) is 16.0 Å². The highest BCUT2D eigenvalue weighted by Crippen LogP contribution is 2.32. The molecule has 2 aromatic carbocycles. The van der Waals surface area contributed by atoms with E-state index >= 15 is 0 Å². The predicted octanol–water partition coefficient (Wildman–Crippen LogP) is 4.35. The molecule has 0 saturated carbocycles. The topological polar surface area (TPSA) is 83.4 Å². The number of amides is 3. The molecule has 3 aromatic rings. The van der Waals surface area contributed by atoms with Crippen LogP contribution in [0.3, 0.4) is 0 Å². The predicted molar refractivity (Wildman–Crippen MR) is 106 cm³/mol. The van der Waals surface area contributed by atoms with Gasteiger partial charge in [0, 0.05) is 16.9 Å². The normalized spacial score (nSPS) is 16.2. The number of carbonyl (C=O) groups is 2. The average Bonchev–Trinajstić information content (AvgIpc) is 3.18. The third-order valence-electron chi connectivity index (χ3n) is 4.59. The number of hydrogen-bond acceptors (Lipinski definition) is 3. The Morgan fingerprint density at radius 2 is 1.76 bits per heavy atom. The van der Waals surface area contributed by atoms with Gasteiger partial charge >= 0.3 is 6.03 Å². The zero-order valence-electron chi connectivity index (χ0n) is 15.5. The lowest BCUT2D eigenvalue weighted by Crippen LogP contribution is -2.45. The van der Waals surface area contributed by atoms with E-state index in [0.717, 1.165) is 0 Å². The molecule has 7 heteroatoms. The van der Waals surface area contributed by atoms with Crippen molar-refractivity contribution >= 4 is 17.6 Å². The summed E-state index contributed by atoms with van der Waals surface area (Å²) < 4.78 is 19.1. The Balaban J connectivity index is 1.65. The minimum Gasteiger partial charge on any atom is -0.459 e. The molecule has 146 valence electrons. The van der Waals surface area contributed by atoms with Gasteiger partial charge in [0.1, 0.15) is 23.4 Å². The van der Waals surface area contributed by atoms with E-state index in [1.165, 1.54) is 12.1 Å². The van der Waals surface area contributed by atoms with Crippen LogP contribution in [0.5, 0.6) is 0 Å². The molecule has 1 aliphatic rings. The number of urea groups is 1. The second-order valence-electron chi connectivity index (χ2n) is 6.60. The van der Waals surface area contributed by atoms with E-state index in [4.69, 9.17) is 4.42 Å². The minimum atomic E-state index is -0.762. The molecule has 4 rings (SSSR count). The number of halogens is 1. The molecule has 29 heavy (non-hydrogen) atoms. The van der Waals surface area contributed by atoms with Crippen LogP contribution in [0.1, 0.15) is 18.7 Å². The molecule has 0 unspecified atom stereocenters. The molecule has 0 bridgehead atoms. The van der Waals surface area contributed by atoms with Crippen LogP contribution in [0, 0.1) is 5.82 Å². The second-order valence-corrected chi connectivity index (χ2v) is 6.60. The first-order valence-electron chi connectivity index (χ1n) is 9.01. The molecule has 6 nitrogen and oxygen atoms in total. The Hall–Kier alpha value is -3.87. The van der Waals surface area contributed by atoms with Crippen molar-refractivity contribution in [3.63, 3.8) is 0 Å². The molecule has 3 N–H and O–H groups in total. The fourth-order valence-corrected chi connectivity index (χ4v) is 3.21. The van der Waals surface area contributed by atoms with Gasteiger partial charge in [-0.3, -0.25) is 4.79 Å². The van der Waals surface area contributed by atoms with Gasteiger partial charge in [-0.05, 0) is 55.5 Å². The molecular formula is C22H18FN3O3. The third-order valence-corrected chi connectivity index (χ3v) is 4.59. The van der Waals surface area contributed by atoms with Gasteiger partial charge in [0.25, 0.3) is 5.91 Å². The Kier molecular flexibility index (Phi) is 4.87. The average molecular weight is 391 g/mol. The molecule has 1 atom stereocenters. The Labute approximate surface area is 166 Å². The van der Waals surface area contributed by atoms with Crippen molar-refractivity contribution in [2.45, 2.75) is 13.0 Å². The Morgan fingerprint density at radius 1 is 1.03 bits per heavy atom. The second kappa shape index (κ2) is 7.63. The van der Waals surface area contributed by atoms with Gasteiger partial charge in [0.05, 0.1) is 5.57 Å². The van der Waals surface area contributed by atoms with Gasteiger partial charge in [-0.25, -0.2) is 9.18 Å². The van der Waals surface area contributed by atoms with E-state index in [0.29, 0.717) is 34.0 Å². The number of carbonyl (C=O) groups excluding carboxylic acids is 2. The van der Waals surface area contributed by atoms with Gasteiger partial charge in [-0.15, -0.1) is 0 Å². The van der Waals surface area contributed by atoms with Gasteiger partial charge in [-0.1, -0.05) is 18.2 Å². The summed E-state index contributed by atoms with van der Waals surface area (Å²) in [5.41, 5.74) is 2.11. The lowest BCUT2D eigenvalue weighted by Gasteiger charge is -2.27. The highest BCUT2D eigenvalue weighted by Gasteiger charge is 2.33. The Morgan fingerprint density at radius 3 is 2.48 bits per heavy atom. The molecule has 1 aromatic heterocycles. The quantitative estimate of drug-likeness (QED) is 0.618. The third kappa shape index (κ3) is 3.89. The number of benzene rings is 2. The smallest absolute Gasteiger partial charge is 0.319 e. The summed E-state index contributed by atoms with van der Waals surface area (Å²) in [7, 11) is 0. The number of furan rings is 1. The van der Waals surface area contributed by atoms with Gasteiger partial charge in [-0.2, -0.15) is 0 Å². The van der Waals surface area contributed by atoms with Crippen LogP contribution in [-0.2, 0) is 4.79 Å². The van der Waals surface area contributed by atoms with Crippen molar-refractivity contribution in [2.24, 2.45) is 0 Å². The number of allylic oxidation sites excluding steroid dienone is 1. The fraction of sp³-hybridized carbons (Fsp3) is 0.0909. The van der Waals surface area contributed by atoms with Gasteiger partial charge in [0.15, 0.2) is 0 Å². The number of anilines is 1. The van der Waals surface area contributed by atoms with Crippen LogP contribution in [0.2, 0.25) is 0 Å². The lowest BCUT2D eigenvalue weighted by atomic mass is 10.00. The lowest BCUT2D eigenvalue weighted by molar-refractivity contribution is -0.113. The molecule has 0 spiro atoms. The number of para-hydroxylation sites is 1. The zero-order valence-corrected chi connectivity index (χ0v) is 15.5. The van der Waals surface area contributed by atoms with Crippen LogP contribution in [-0.4, -0.2) is 11.9 Å². The standard InChI is InChI=1S/C22H18FN3O3/c1-13-19(21(27)25-16-5-3-2-4-6-16)20(26-22(28)24-13)18-12-11-17(29-18)14-7-9-15(23)10-8-14/h2-12,20H,1H3,(H,25,27)(H2,24,26,28)/t20-/m0/s1. The van der Waals surface area contributed by atoms with Crippen LogP contribution >= 0.6 is 0 Å². The van der Waals surface area contributed by atoms with E-state index in [1.54, 1.807) is 43.3 Å². The summed E-state index contributed by atoms with van der Waals surface area (Å²) >= 11 is 0. The first-order valence-corrected chi connectivity index (χ1v) is 9.01. The molecule has 2 heterocycles. The number of rotatable bonds is 4. The van der Waals surface area contributed by atoms with Crippen molar-refractivity contribution in [2.75, 3.05) is 5.32 Å². The van der Waals surface area contributed by atoms with Crippen LogP contribution < -0.4 is 16.0 Å². The summed E-state index contributed by atoms with van der Waals surface area (Å²) in [5, 5.41) is 8.19. The van der Waals surface area contributed by atoms with Crippen molar-refractivity contribution < 1.29 is 18.4 Å². The monoisotopic (exact) mass is 391 g/mol. The van der Waals surface area contributed by atoms with E-state index < -0.39 is 12.1 Å². The molecular weight excluding hydrogens is 373 g/mol. The maximum Gasteiger partial charge on any atom is 0.319 e. The zero-order chi connectivity index (χ0) is 20.4. The first-order chi connectivity index (χ1) is 14.0. The SMILES string of the molecule is CC1=C(C(=O)Nc2ccccc2)[C@H](c2ccc(-c3ccc(F)cc3)o2)NC(=O)N1. The van der Waals surface area contributed by atoms with E-state index in [-0.39, 0.29) is 11.7 Å². The maximum absolute atomic E-state index is 13.2. The van der Waals surface area contributed by atoms with Gasteiger partial charge in [0.2, 0.25) is 0 Å². The number of hydrogen-bond donors (Lipinski definition) is 3. The summed E-state index contributed by atoms with van der Waals surface area (Å²) in [6, 6.07) is 17.1. The summed E-state index contributed by atoms with van der Waals surface area (Å²) in [6.45, 7) is 1.66. The van der Waals surface area contributed by atoms with Crippen molar-refractivity contribution in [3.05, 3.63) is 89.6 Å². The number of nitrogens with one attached hydrogen (secondary N) is 3. The molecule has 0 aliphatic carbocycles. The highest BCUT2D eigenvalue weighted by atomic mass is 19.1. The highest BCUT2D eigenvalue weighted by molar-refractivity contribution is 6.06. The van der Waals surface area contributed by atoms with Gasteiger partial charge < -0.3 is 20.4 Å². The van der Waals surface area contributed by atoms with Crippen molar-refractivity contribution in [3.8, 4) is 11.3 Å². The van der Waals surface area contributed by atoms with Crippen molar-refractivity contribution in [1.82, 2.24) is 10.6 Å². The first kappa shape index (κ1) is 18.5. The van der Waals surface area contributed by atoms with E-state index in [1.807, 2.05) is 18.2 Å². The molecule has 0 radical (unpaired) electrons. The molecule has 0 fully saturated rings. The molecule has 3 amide bonds. The maximum atomic E-state index is 13.2.